The average molecular weight is 398 g/mol. The number of benzene rings is 2. The fraction of sp³-hybridized carbons (Fsp3) is 0.238. The maximum atomic E-state index is 13.0. The number of nitrogens with one attached hydrogen (secondary N) is 1. The second kappa shape index (κ2) is 7.20. The van der Waals surface area contributed by atoms with Crippen molar-refractivity contribution in [1.29, 1.82) is 0 Å². The third kappa shape index (κ3) is 3.31. The van der Waals surface area contributed by atoms with Crippen LogP contribution in [-0.2, 0) is 0 Å². The van der Waals surface area contributed by atoms with Gasteiger partial charge in [0.2, 0.25) is 5.91 Å². The van der Waals surface area contributed by atoms with Gasteiger partial charge < -0.3 is 20.4 Å². The van der Waals surface area contributed by atoms with E-state index < -0.39 is 5.91 Å². The molecule has 0 radical (unpaired) electrons. The summed E-state index contributed by atoms with van der Waals surface area (Å²) in [6, 6.07) is 10.4. The molecule has 0 atom stereocenters. The van der Waals surface area contributed by atoms with E-state index in [0.29, 0.717) is 27.4 Å². The number of carbonyl (C=O) groups excluding carboxylic acids is 2. The zero-order chi connectivity index (χ0) is 19.8. The van der Waals surface area contributed by atoms with Crippen LogP contribution >= 0.6 is 11.6 Å². The molecule has 0 aliphatic carbocycles. The summed E-state index contributed by atoms with van der Waals surface area (Å²) in [7, 11) is 0. The van der Waals surface area contributed by atoms with E-state index in [4.69, 9.17) is 21.8 Å². The van der Waals surface area contributed by atoms with Gasteiger partial charge in [0.15, 0.2) is 5.76 Å². The number of hydrogen-bond donors (Lipinski definition) is 2. The fourth-order valence-electron chi connectivity index (χ4n) is 3.61. The van der Waals surface area contributed by atoms with Crippen molar-refractivity contribution in [3.8, 4) is 0 Å². The third-order valence-corrected chi connectivity index (χ3v) is 5.32. The van der Waals surface area contributed by atoms with Crippen LogP contribution in [0.15, 0.2) is 40.8 Å². The molecule has 2 aromatic carbocycles. The minimum atomic E-state index is -0.543. The molecular weight excluding hydrogens is 378 g/mol. The number of furan rings is 1. The van der Waals surface area contributed by atoms with Gasteiger partial charge >= 0.3 is 0 Å². The molecule has 3 aromatic rings. The predicted molar refractivity (Wildman–Crippen MR) is 110 cm³/mol. The van der Waals surface area contributed by atoms with Crippen LogP contribution in [0.2, 0.25) is 5.02 Å². The minimum Gasteiger partial charge on any atom is -0.451 e. The Hall–Kier alpha value is -2.99. The molecule has 7 heteroatoms. The normalized spacial score (nSPS) is 13.9. The molecule has 1 aliphatic heterocycles. The number of fused-ring (bicyclic) bond motifs is 1. The summed E-state index contributed by atoms with van der Waals surface area (Å²) in [6.45, 7) is 3.63. The van der Waals surface area contributed by atoms with E-state index >= 15 is 0 Å². The molecule has 1 fully saturated rings. The lowest BCUT2D eigenvalue weighted by molar-refractivity contribution is 0.0989. The molecule has 1 aromatic heterocycles. The Bertz CT molecular complexity index is 1080. The number of nitrogens with two attached hydrogens (primary N) is 1. The first kappa shape index (κ1) is 18.4. The topological polar surface area (TPSA) is 88.6 Å². The van der Waals surface area contributed by atoms with Gasteiger partial charge in [0.05, 0.1) is 11.4 Å². The van der Waals surface area contributed by atoms with Crippen LogP contribution in [-0.4, -0.2) is 24.9 Å². The lowest BCUT2D eigenvalue weighted by Gasteiger charge is -2.22. The predicted octanol–water partition coefficient (Wildman–Crippen LogP) is 4.35. The molecule has 2 heterocycles. The quantitative estimate of drug-likeness (QED) is 0.685. The van der Waals surface area contributed by atoms with E-state index in [-0.39, 0.29) is 11.7 Å². The van der Waals surface area contributed by atoms with Crippen molar-refractivity contribution in [1.82, 2.24) is 0 Å². The SMILES string of the molecule is Cc1c(C(=O)Nc2cc(C(N)=O)ccc2N2CCCC2)oc2ccc(Cl)cc12. The summed E-state index contributed by atoms with van der Waals surface area (Å²) >= 11 is 6.06. The van der Waals surface area contributed by atoms with Gasteiger partial charge in [-0.05, 0) is 56.2 Å². The Morgan fingerprint density at radius 2 is 1.89 bits per heavy atom. The van der Waals surface area contributed by atoms with Crippen LogP contribution in [0.25, 0.3) is 11.0 Å². The van der Waals surface area contributed by atoms with E-state index in [1.807, 2.05) is 13.0 Å². The van der Waals surface area contributed by atoms with Gasteiger partial charge in [0.25, 0.3) is 5.91 Å². The second-order valence-corrected chi connectivity index (χ2v) is 7.38. The van der Waals surface area contributed by atoms with Gasteiger partial charge in [-0.25, -0.2) is 0 Å². The number of rotatable bonds is 4. The Morgan fingerprint density at radius 3 is 2.61 bits per heavy atom. The highest BCUT2D eigenvalue weighted by molar-refractivity contribution is 6.31. The summed E-state index contributed by atoms with van der Waals surface area (Å²) in [6.07, 6.45) is 2.18. The molecule has 1 aliphatic rings. The number of nitrogens with zero attached hydrogens (tertiary/aromatic N) is 1. The number of amides is 2. The first-order valence-corrected chi connectivity index (χ1v) is 9.50. The standard InChI is InChI=1S/C21H20ClN3O3/c1-12-15-11-14(22)5-7-18(15)28-19(12)21(27)24-16-10-13(20(23)26)4-6-17(16)25-8-2-3-9-25/h4-7,10-11H,2-3,8-9H2,1H3,(H2,23,26)(H,24,27). The van der Waals surface area contributed by atoms with Gasteiger partial charge in [0.1, 0.15) is 5.58 Å². The van der Waals surface area contributed by atoms with Crippen LogP contribution in [0.1, 0.15) is 39.3 Å². The fourth-order valence-corrected chi connectivity index (χ4v) is 3.78. The van der Waals surface area contributed by atoms with E-state index in [1.54, 1.807) is 30.3 Å². The molecule has 1 saturated heterocycles. The molecule has 3 N–H and O–H groups in total. The molecule has 6 nitrogen and oxygen atoms in total. The zero-order valence-corrected chi connectivity index (χ0v) is 16.2. The van der Waals surface area contributed by atoms with Crippen molar-refractivity contribution in [3.63, 3.8) is 0 Å². The van der Waals surface area contributed by atoms with Crippen molar-refractivity contribution in [3.05, 3.63) is 58.3 Å². The average Bonchev–Trinajstić information content (AvgIpc) is 3.30. The number of hydrogen-bond acceptors (Lipinski definition) is 4. The summed E-state index contributed by atoms with van der Waals surface area (Å²) in [5, 5.41) is 4.27. The number of aryl methyl sites for hydroxylation is 1. The largest absolute Gasteiger partial charge is 0.451 e. The highest BCUT2D eigenvalue weighted by Crippen LogP contribution is 2.32. The Labute approximate surface area is 167 Å². The molecular formula is C21H20ClN3O3. The summed E-state index contributed by atoms with van der Waals surface area (Å²) in [4.78, 5) is 26.8. The third-order valence-electron chi connectivity index (χ3n) is 5.08. The highest BCUT2D eigenvalue weighted by atomic mass is 35.5. The smallest absolute Gasteiger partial charge is 0.291 e. The molecule has 0 spiro atoms. The van der Waals surface area contributed by atoms with E-state index in [0.717, 1.165) is 37.0 Å². The van der Waals surface area contributed by atoms with Crippen molar-refractivity contribution < 1.29 is 14.0 Å². The van der Waals surface area contributed by atoms with Crippen LogP contribution in [0.4, 0.5) is 11.4 Å². The Morgan fingerprint density at radius 1 is 1.14 bits per heavy atom. The molecule has 0 bridgehead atoms. The monoisotopic (exact) mass is 397 g/mol. The number of carbonyl (C=O) groups is 2. The van der Waals surface area contributed by atoms with E-state index in [1.165, 1.54) is 0 Å². The van der Waals surface area contributed by atoms with E-state index in [2.05, 4.69) is 10.2 Å². The zero-order valence-electron chi connectivity index (χ0n) is 15.4. The van der Waals surface area contributed by atoms with Gasteiger partial charge in [0, 0.05) is 34.6 Å². The Balaban J connectivity index is 1.71. The molecule has 28 heavy (non-hydrogen) atoms. The first-order valence-electron chi connectivity index (χ1n) is 9.13. The summed E-state index contributed by atoms with van der Waals surface area (Å²) in [5.74, 6) is -0.709. The van der Waals surface area contributed by atoms with Crippen LogP contribution < -0.4 is 16.0 Å². The summed E-state index contributed by atoms with van der Waals surface area (Å²) < 4.78 is 5.75. The molecule has 4 rings (SSSR count). The van der Waals surface area contributed by atoms with Gasteiger partial charge in [-0.15, -0.1) is 0 Å². The first-order chi connectivity index (χ1) is 13.4. The van der Waals surface area contributed by atoms with Crippen LogP contribution in [0.3, 0.4) is 0 Å². The second-order valence-electron chi connectivity index (χ2n) is 6.94. The lowest BCUT2D eigenvalue weighted by Crippen LogP contribution is -2.22. The van der Waals surface area contributed by atoms with Gasteiger partial charge in [-0.1, -0.05) is 11.6 Å². The number of halogens is 1. The maximum Gasteiger partial charge on any atom is 0.291 e. The number of primary amides is 1. The Kier molecular flexibility index (Phi) is 4.73. The summed E-state index contributed by atoms with van der Waals surface area (Å²) in [5.41, 5.74) is 8.48. The van der Waals surface area contributed by atoms with Gasteiger partial charge in [-0.3, -0.25) is 9.59 Å². The van der Waals surface area contributed by atoms with E-state index in [9.17, 15) is 9.59 Å². The number of anilines is 2. The molecule has 2 amide bonds. The lowest BCUT2D eigenvalue weighted by atomic mass is 10.1. The molecule has 144 valence electrons. The van der Waals surface area contributed by atoms with Gasteiger partial charge in [-0.2, -0.15) is 0 Å². The van der Waals surface area contributed by atoms with Crippen molar-refractivity contribution in [2.24, 2.45) is 5.73 Å². The van der Waals surface area contributed by atoms with Crippen molar-refractivity contribution in [2.75, 3.05) is 23.3 Å². The highest BCUT2D eigenvalue weighted by Gasteiger charge is 2.22. The van der Waals surface area contributed by atoms with Crippen molar-refractivity contribution >= 4 is 45.8 Å². The maximum absolute atomic E-state index is 13.0. The molecule has 0 unspecified atom stereocenters. The minimum absolute atomic E-state index is 0.217. The van der Waals surface area contributed by atoms with Crippen LogP contribution in [0, 0.1) is 6.92 Å². The van der Waals surface area contributed by atoms with Crippen molar-refractivity contribution in [2.45, 2.75) is 19.8 Å². The molecule has 0 saturated carbocycles. The van der Waals surface area contributed by atoms with Crippen LogP contribution in [0.5, 0.6) is 0 Å².